The molecule has 140 valence electrons. The highest BCUT2D eigenvalue weighted by Crippen LogP contribution is 2.25. The number of hydrogen-bond acceptors (Lipinski definition) is 7. The van der Waals surface area contributed by atoms with E-state index >= 15 is 0 Å². The Kier molecular flexibility index (Phi) is 6.34. The van der Waals surface area contributed by atoms with Crippen LogP contribution in [0.3, 0.4) is 0 Å². The molecule has 1 saturated heterocycles. The number of piperazine rings is 1. The molecule has 0 spiro atoms. The summed E-state index contributed by atoms with van der Waals surface area (Å²) in [4.78, 5) is 13.7. The van der Waals surface area contributed by atoms with Crippen LogP contribution < -0.4 is 10.6 Å². The molecule has 26 heavy (non-hydrogen) atoms. The largest absolute Gasteiger partial charge is 0.396 e. The number of benzene rings is 1. The summed E-state index contributed by atoms with van der Waals surface area (Å²) in [5.74, 6) is 2.19. The average molecular weight is 374 g/mol. The number of likely N-dealkylation sites (N-methyl/N-ethyl adjacent to an activating group) is 1. The quantitative estimate of drug-likeness (QED) is 0.593. The van der Waals surface area contributed by atoms with E-state index in [-0.39, 0.29) is 6.61 Å². The van der Waals surface area contributed by atoms with E-state index in [1.165, 1.54) is 11.1 Å². The second-order valence-electron chi connectivity index (χ2n) is 6.80. The third kappa shape index (κ3) is 4.87. The smallest absolute Gasteiger partial charge is 0.191 e. The number of nitrogens with zero attached hydrogens (tertiary/aromatic N) is 4. The molecule has 2 aromatic rings. The molecule has 1 fully saturated rings. The Hall–Kier alpha value is -1.83. The van der Waals surface area contributed by atoms with Gasteiger partial charge in [-0.2, -0.15) is 0 Å². The normalized spacial score (nSPS) is 18.3. The first kappa shape index (κ1) is 18.9. The van der Waals surface area contributed by atoms with Gasteiger partial charge < -0.3 is 15.7 Å². The van der Waals surface area contributed by atoms with Gasteiger partial charge in [0.1, 0.15) is 11.6 Å². The summed E-state index contributed by atoms with van der Waals surface area (Å²) in [6.07, 6.45) is 0.766. The Morgan fingerprint density at radius 3 is 2.73 bits per heavy atom. The number of aliphatic hydroxyl groups is 1. The number of thioether (sulfide) groups is 1. The summed E-state index contributed by atoms with van der Waals surface area (Å²) in [6, 6.07) is 10.7. The highest BCUT2D eigenvalue weighted by molar-refractivity contribution is 7.98. The van der Waals surface area contributed by atoms with E-state index in [4.69, 9.17) is 10.7 Å². The van der Waals surface area contributed by atoms with E-state index in [0.29, 0.717) is 17.0 Å². The Morgan fingerprint density at radius 1 is 1.23 bits per heavy atom. The highest BCUT2D eigenvalue weighted by atomic mass is 32.2. The van der Waals surface area contributed by atoms with Crippen molar-refractivity contribution >= 4 is 23.4 Å². The minimum atomic E-state index is 0.201. The molecule has 3 N–H and O–H groups in total. The first-order valence-electron chi connectivity index (χ1n) is 8.94. The van der Waals surface area contributed by atoms with Gasteiger partial charge in [0.15, 0.2) is 5.16 Å². The van der Waals surface area contributed by atoms with Crippen molar-refractivity contribution in [1.29, 1.82) is 0 Å². The molecule has 0 aliphatic carbocycles. The predicted molar refractivity (Wildman–Crippen MR) is 108 cm³/mol. The molecule has 1 aliphatic rings. The van der Waals surface area contributed by atoms with E-state index in [9.17, 15) is 5.11 Å². The summed E-state index contributed by atoms with van der Waals surface area (Å²) in [5, 5.41) is 9.99. The molecule has 1 atom stereocenters. The van der Waals surface area contributed by atoms with Crippen molar-refractivity contribution in [3.63, 3.8) is 0 Å². The van der Waals surface area contributed by atoms with Crippen molar-refractivity contribution in [2.24, 2.45) is 0 Å². The van der Waals surface area contributed by atoms with E-state index < -0.39 is 0 Å². The van der Waals surface area contributed by atoms with Gasteiger partial charge in [-0.25, -0.2) is 9.97 Å². The van der Waals surface area contributed by atoms with E-state index in [2.05, 4.69) is 53.0 Å². The van der Waals surface area contributed by atoms with Crippen LogP contribution in [-0.4, -0.2) is 59.3 Å². The minimum Gasteiger partial charge on any atom is -0.396 e. The summed E-state index contributed by atoms with van der Waals surface area (Å²) < 4.78 is 0. The van der Waals surface area contributed by atoms with Gasteiger partial charge in [0.25, 0.3) is 0 Å². The van der Waals surface area contributed by atoms with Gasteiger partial charge in [0.05, 0.1) is 0 Å². The lowest BCUT2D eigenvalue weighted by Crippen LogP contribution is -2.52. The van der Waals surface area contributed by atoms with Crippen LogP contribution in [0.1, 0.15) is 17.5 Å². The van der Waals surface area contributed by atoms with Crippen LogP contribution in [-0.2, 0) is 5.75 Å². The molecule has 6 nitrogen and oxygen atoms in total. The van der Waals surface area contributed by atoms with Gasteiger partial charge in [-0.15, -0.1) is 0 Å². The van der Waals surface area contributed by atoms with E-state index in [1.54, 1.807) is 11.8 Å². The van der Waals surface area contributed by atoms with Crippen molar-refractivity contribution in [3.05, 3.63) is 41.5 Å². The molecule has 0 saturated carbocycles. The second-order valence-corrected chi connectivity index (χ2v) is 7.74. The van der Waals surface area contributed by atoms with Gasteiger partial charge in [-0.1, -0.05) is 41.6 Å². The van der Waals surface area contributed by atoms with Crippen LogP contribution in [0.2, 0.25) is 0 Å². The predicted octanol–water partition coefficient (Wildman–Crippen LogP) is 2.16. The van der Waals surface area contributed by atoms with Crippen LogP contribution in [0, 0.1) is 6.92 Å². The van der Waals surface area contributed by atoms with E-state index in [0.717, 1.165) is 37.6 Å². The summed E-state index contributed by atoms with van der Waals surface area (Å²) in [5.41, 5.74) is 8.54. The molecule has 3 rings (SSSR count). The molecule has 1 aromatic heterocycles. The first-order chi connectivity index (χ1) is 12.5. The zero-order chi connectivity index (χ0) is 18.5. The number of nitrogens with two attached hydrogens (primary N) is 1. The Balaban J connectivity index is 1.69. The first-order valence-corrected chi connectivity index (χ1v) is 9.92. The molecular weight excluding hydrogens is 346 g/mol. The molecule has 7 heteroatoms. The van der Waals surface area contributed by atoms with E-state index in [1.807, 2.05) is 6.07 Å². The Labute approximate surface area is 159 Å². The van der Waals surface area contributed by atoms with Crippen molar-refractivity contribution < 1.29 is 5.11 Å². The number of aromatic nitrogens is 2. The maximum absolute atomic E-state index is 9.28. The van der Waals surface area contributed by atoms with Crippen molar-refractivity contribution in [3.8, 4) is 0 Å². The zero-order valence-electron chi connectivity index (χ0n) is 15.4. The maximum atomic E-state index is 9.28. The molecule has 2 heterocycles. The minimum absolute atomic E-state index is 0.201. The third-order valence-corrected chi connectivity index (χ3v) is 5.68. The van der Waals surface area contributed by atoms with Gasteiger partial charge >= 0.3 is 0 Å². The molecular formula is C19H27N5OS. The van der Waals surface area contributed by atoms with Crippen LogP contribution in [0.25, 0.3) is 0 Å². The molecule has 0 bridgehead atoms. The topological polar surface area (TPSA) is 78.5 Å². The van der Waals surface area contributed by atoms with Gasteiger partial charge in [-0.3, -0.25) is 4.90 Å². The monoisotopic (exact) mass is 373 g/mol. The van der Waals surface area contributed by atoms with Crippen LogP contribution >= 0.6 is 11.8 Å². The van der Waals surface area contributed by atoms with Gasteiger partial charge in [0.2, 0.25) is 0 Å². The number of hydrogen-bond donors (Lipinski definition) is 2. The van der Waals surface area contributed by atoms with Crippen LogP contribution in [0.5, 0.6) is 0 Å². The van der Waals surface area contributed by atoms with Gasteiger partial charge in [0, 0.05) is 44.1 Å². The number of anilines is 2. The van der Waals surface area contributed by atoms with Crippen molar-refractivity contribution in [2.45, 2.75) is 30.3 Å². The number of aryl methyl sites for hydroxylation is 1. The lowest BCUT2D eigenvalue weighted by atomic mass is 10.1. The van der Waals surface area contributed by atoms with Crippen LogP contribution in [0.4, 0.5) is 11.6 Å². The molecule has 1 aliphatic heterocycles. The SMILES string of the molecule is Cc1ccc(CSc2nc(N)cc(N3CCN(C)[C@H](CCO)C3)n2)cc1. The average Bonchev–Trinajstić information content (AvgIpc) is 2.63. The molecule has 0 amide bonds. The zero-order valence-corrected chi connectivity index (χ0v) is 16.2. The summed E-state index contributed by atoms with van der Waals surface area (Å²) in [7, 11) is 2.11. The number of rotatable bonds is 6. The Bertz CT molecular complexity index is 724. The fourth-order valence-corrected chi connectivity index (χ4v) is 3.92. The lowest BCUT2D eigenvalue weighted by Gasteiger charge is -2.40. The van der Waals surface area contributed by atoms with Crippen molar-refractivity contribution in [2.75, 3.05) is 43.9 Å². The molecule has 0 radical (unpaired) electrons. The second kappa shape index (κ2) is 8.70. The fourth-order valence-electron chi connectivity index (χ4n) is 3.10. The van der Waals surface area contributed by atoms with Gasteiger partial charge in [-0.05, 0) is 26.0 Å². The lowest BCUT2D eigenvalue weighted by molar-refractivity contribution is 0.170. The fraction of sp³-hybridized carbons (Fsp3) is 0.474. The molecule has 0 unspecified atom stereocenters. The maximum Gasteiger partial charge on any atom is 0.191 e. The number of nitrogen functional groups attached to an aromatic ring is 1. The summed E-state index contributed by atoms with van der Waals surface area (Å²) >= 11 is 1.60. The Morgan fingerprint density at radius 2 is 2.00 bits per heavy atom. The molecule has 1 aromatic carbocycles. The third-order valence-electron chi connectivity index (χ3n) is 4.76. The summed E-state index contributed by atoms with van der Waals surface area (Å²) in [6.45, 7) is 4.98. The number of aliphatic hydroxyl groups excluding tert-OH is 1. The van der Waals surface area contributed by atoms with Crippen LogP contribution in [0.15, 0.2) is 35.5 Å². The standard InChI is InChI=1S/C19H27N5OS/c1-14-3-5-15(6-4-14)13-26-19-21-17(20)11-18(22-19)24-9-8-23(2)16(12-24)7-10-25/h3-6,11,16,25H,7-10,12-13H2,1-2H3,(H2,20,21,22)/t16-/m1/s1. The van der Waals surface area contributed by atoms with Crippen molar-refractivity contribution in [1.82, 2.24) is 14.9 Å². The highest BCUT2D eigenvalue weighted by Gasteiger charge is 2.25.